The van der Waals surface area contributed by atoms with E-state index in [4.69, 9.17) is 9.84 Å². The lowest BCUT2D eigenvalue weighted by Gasteiger charge is -2.32. The second kappa shape index (κ2) is 6.87. The number of amides is 2. The van der Waals surface area contributed by atoms with Crippen molar-refractivity contribution in [3.05, 3.63) is 42.3 Å². The molecular formula is C14H17N2O6PS. The van der Waals surface area contributed by atoms with E-state index in [2.05, 4.69) is 5.09 Å². The van der Waals surface area contributed by atoms with Gasteiger partial charge in [0.15, 0.2) is 6.23 Å². The molecule has 5 unspecified atom stereocenters. The maximum atomic E-state index is 12.8. The molecule has 5 atom stereocenters. The molecule has 3 rings (SSSR count). The van der Waals surface area contributed by atoms with Crippen molar-refractivity contribution in [3.8, 4) is 0 Å². The molecule has 24 heavy (non-hydrogen) atoms. The highest BCUT2D eigenvalue weighted by Gasteiger charge is 2.47. The van der Waals surface area contributed by atoms with Crippen LogP contribution in [0.15, 0.2) is 47.2 Å². The zero-order valence-electron chi connectivity index (χ0n) is 12.4. The van der Waals surface area contributed by atoms with E-state index in [1.165, 1.54) is 12.0 Å². The van der Waals surface area contributed by atoms with E-state index in [1.807, 2.05) is 6.07 Å². The van der Waals surface area contributed by atoms with Crippen molar-refractivity contribution in [1.82, 2.24) is 9.99 Å². The molecule has 1 saturated heterocycles. The van der Waals surface area contributed by atoms with Crippen molar-refractivity contribution in [2.24, 2.45) is 0 Å². The number of hydrogen-bond acceptors (Lipinski definition) is 7. The Morgan fingerprint density at radius 2 is 1.96 bits per heavy atom. The first kappa shape index (κ1) is 17.5. The number of aliphatic hydroxyl groups excluding tert-OH is 3. The van der Waals surface area contributed by atoms with Crippen LogP contribution < -0.4 is 5.09 Å². The first-order valence-corrected chi connectivity index (χ1v) is 10.4. The Morgan fingerprint density at radius 3 is 2.54 bits per heavy atom. The molecular weight excluding hydrogens is 355 g/mol. The van der Waals surface area contributed by atoms with E-state index in [1.54, 1.807) is 24.3 Å². The number of carbonyl (C=O) groups is 1. The summed E-state index contributed by atoms with van der Waals surface area (Å²) in [5, 5.41) is 31.3. The van der Waals surface area contributed by atoms with Crippen LogP contribution in [-0.2, 0) is 9.30 Å². The molecule has 1 fully saturated rings. The van der Waals surface area contributed by atoms with Gasteiger partial charge >= 0.3 is 6.03 Å². The number of ether oxygens (including phenoxy) is 1. The molecule has 2 aliphatic heterocycles. The molecule has 0 saturated carbocycles. The lowest BCUT2D eigenvalue weighted by atomic mass is 10.1. The van der Waals surface area contributed by atoms with E-state index in [-0.39, 0.29) is 0 Å². The summed E-state index contributed by atoms with van der Waals surface area (Å²) in [6.45, 7) is -3.67. The van der Waals surface area contributed by atoms with Gasteiger partial charge in [-0.2, -0.15) is 0 Å². The molecule has 2 amide bonds. The Kier molecular flexibility index (Phi) is 5.00. The van der Waals surface area contributed by atoms with Gasteiger partial charge in [-0.25, -0.2) is 4.79 Å². The van der Waals surface area contributed by atoms with Crippen LogP contribution in [0.5, 0.6) is 0 Å². The summed E-state index contributed by atoms with van der Waals surface area (Å²) >= 11 is 1.04. The molecule has 1 aromatic carbocycles. The Labute approximate surface area is 142 Å². The predicted octanol–water partition coefficient (Wildman–Crippen LogP) is 0.907. The van der Waals surface area contributed by atoms with Gasteiger partial charge in [0.05, 0.1) is 6.61 Å². The molecule has 0 aliphatic carbocycles. The van der Waals surface area contributed by atoms with E-state index in [0.717, 1.165) is 21.2 Å². The zero-order valence-corrected chi connectivity index (χ0v) is 14.1. The van der Waals surface area contributed by atoms with Gasteiger partial charge in [0.25, 0.3) is 6.49 Å². The first-order valence-electron chi connectivity index (χ1n) is 7.20. The van der Waals surface area contributed by atoms with Crippen molar-refractivity contribution in [3.63, 3.8) is 0 Å². The number of nitrogens with one attached hydrogen (secondary N) is 1. The fraction of sp³-hybridized carbons (Fsp3) is 0.357. The topological polar surface area (TPSA) is 119 Å². The lowest BCUT2D eigenvalue weighted by Crippen LogP contribution is -2.48. The average molecular weight is 372 g/mol. The maximum absolute atomic E-state index is 12.8. The van der Waals surface area contributed by atoms with Crippen LogP contribution in [-0.4, -0.2) is 57.4 Å². The van der Waals surface area contributed by atoms with Gasteiger partial charge in [-0.05, 0) is 23.5 Å². The number of carbonyl (C=O) groups excluding carboxylic acids is 1. The van der Waals surface area contributed by atoms with Gasteiger partial charge in [-0.15, -0.1) is 0 Å². The molecule has 1 aromatic rings. The molecule has 0 spiro atoms. The molecule has 0 aromatic heterocycles. The largest absolute Gasteiger partial charge is 0.394 e. The Hall–Kier alpha value is -1.35. The van der Waals surface area contributed by atoms with Crippen LogP contribution in [0.25, 0.3) is 0 Å². The number of rotatable bonds is 4. The summed E-state index contributed by atoms with van der Waals surface area (Å²) in [6.07, 6.45) is -3.57. The van der Waals surface area contributed by atoms with Crippen LogP contribution in [0.4, 0.5) is 4.79 Å². The molecule has 0 bridgehead atoms. The maximum Gasteiger partial charge on any atom is 0.329 e. The zero-order chi connectivity index (χ0) is 17.3. The minimum Gasteiger partial charge on any atom is -0.394 e. The minimum absolute atomic E-state index is 0.490. The standard InChI is InChI=1S/C14H17N2O6PS/c17-8-10-11(18)12(19)13(22-10)16-6-7-23(21,15-14(16)20)24-9-4-2-1-3-5-9/h1-7,10-13,17-19H,8H2,(H,15,20,21). The number of benzene rings is 1. The third-order valence-electron chi connectivity index (χ3n) is 3.69. The molecule has 2 heterocycles. The third kappa shape index (κ3) is 3.37. The first-order chi connectivity index (χ1) is 11.4. The van der Waals surface area contributed by atoms with Gasteiger partial charge in [-0.1, -0.05) is 18.2 Å². The number of urea groups is 1. The fourth-order valence-electron chi connectivity index (χ4n) is 2.46. The highest BCUT2D eigenvalue weighted by Crippen LogP contribution is 2.61. The van der Waals surface area contributed by atoms with Crippen molar-refractivity contribution < 1.29 is 29.4 Å². The Morgan fingerprint density at radius 1 is 1.25 bits per heavy atom. The molecule has 2 aliphatic rings. The predicted molar refractivity (Wildman–Crippen MR) is 87.2 cm³/mol. The van der Waals surface area contributed by atoms with Gasteiger partial charge < -0.3 is 20.1 Å². The fourth-order valence-corrected chi connectivity index (χ4v) is 5.95. The summed E-state index contributed by atoms with van der Waals surface area (Å²) in [7, 11) is 0. The van der Waals surface area contributed by atoms with E-state index in [9.17, 15) is 19.6 Å². The van der Waals surface area contributed by atoms with E-state index < -0.39 is 43.7 Å². The smallest absolute Gasteiger partial charge is 0.329 e. The normalized spacial score (nSPS) is 36.0. The van der Waals surface area contributed by atoms with Gasteiger partial charge in [0.2, 0.25) is 0 Å². The average Bonchev–Trinajstić information content (AvgIpc) is 2.83. The third-order valence-corrected chi connectivity index (χ3v) is 7.55. The summed E-state index contributed by atoms with van der Waals surface area (Å²) in [4.78, 5) is 14.0. The lowest BCUT2D eigenvalue weighted by molar-refractivity contribution is -0.0646. The van der Waals surface area contributed by atoms with Crippen LogP contribution in [0.2, 0.25) is 0 Å². The highest BCUT2D eigenvalue weighted by atomic mass is 32.7. The number of nitrogens with zero attached hydrogens (tertiary/aromatic N) is 1. The quantitative estimate of drug-likeness (QED) is 0.580. The van der Waals surface area contributed by atoms with Gasteiger partial charge in [0.1, 0.15) is 18.3 Å². The second-order valence-corrected chi connectivity index (χ2v) is 9.90. The van der Waals surface area contributed by atoms with Crippen LogP contribution in [0.3, 0.4) is 0 Å². The van der Waals surface area contributed by atoms with Gasteiger partial charge in [-0.3, -0.25) is 14.6 Å². The molecule has 0 radical (unpaired) electrons. The summed E-state index contributed by atoms with van der Waals surface area (Å²) in [6, 6.07) is 8.29. The second-order valence-electron chi connectivity index (χ2n) is 5.35. The van der Waals surface area contributed by atoms with E-state index in [0.29, 0.717) is 0 Å². The Balaban J connectivity index is 1.76. The van der Waals surface area contributed by atoms with Crippen LogP contribution in [0.1, 0.15) is 0 Å². The summed E-state index contributed by atoms with van der Waals surface area (Å²) in [5.74, 6) is 1.35. The van der Waals surface area contributed by atoms with Crippen molar-refractivity contribution in [2.75, 3.05) is 6.61 Å². The van der Waals surface area contributed by atoms with Crippen LogP contribution in [0, 0.1) is 0 Å². The number of hydrogen-bond donors (Lipinski definition) is 4. The number of aliphatic hydroxyl groups is 3. The monoisotopic (exact) mass is 372 g/mol. The summed E-state index contributed by atoms with van der Waals surface area (Å²) < 4.78 is 18.1. The van der Waals surface area contributed by atoms with Crippen molar-refractivity contribution in [1.29, 1.82) is 0 Å². The molecule has 10 heteroatoms. The minimum atomic E-state index is -3.18. The van der Waals surface area contributed by atoms with Crippen LogP contribution >= 0.6 is 17.9 Å². The summed E-state index contributed by atoms with van der Waals surface area (Å²) in [5.41, 5.74) is 0. The van der Waals surface area contributed by atoms with E-state index >= 15 is 0 Å². The molecule has 4 N–H and O–H groups in total. The Bertz CT molecular complexity index is 687. The molecule has 8 nitrogen and oxygen atoms in total. The molecule has 130 valence electrons. The van der Waals surface area contributed by atoms with Gasteiger partial charge in [0, 0.05) is 16.9 Å². The highest BCUT2D eigenvalue weighted by molar-refractivity contribution is 8.58. The SMILES string of the molecule is O=C1NP(=O)(Sc2ccccc2)C=CN1C1OC(CO)C(O)C1O. The van der Waals surface area contributed by atoms with Crippen molar-refractivity contribution in [2.45, 2.75) is 29.4 Å². The van der Waals surface area contributed by atoms with Crippen molar-refractivity contribution >= 4 is 23.9 Å².